The smallest absolute Gasteiger partial charge is 0.259 e. The van der Waals surface area contributed by atoms with E-state index in [1.807, 2.05) is 13.0 Å². The Morgan fingerprint density at radius 2 is 1.83 bits per heavy atom. The number of benzene rings is 2. The summed E-state index contributed by atoms with van der Waals surface area (Å²) in [4.78, 5) is 12.6. The monoisotopic (exact) mass is 327 g/mol. The first-order valence-corrected chi connectivity index (χ1v) is 7.44. The van der Waals surface area contributed by atoms with Crippen molar-refractivity contribution in [2.24, 2.45) is 0 Å². The minimum atomic E-state index is -0.293. The minimum absolute atomic E-state index is 0.293. The van der Waals surface area contributed by atoms with E-state index in [2.05, 4.69) is 11.9 Å². The highest BCUT2D eigenvalue weighted by atomic mass is 16.5. The molecule has 126 valence electrons. The summed E-state index contributed by atoms with van der Waals surface area (Å²) in [6, 6.07) is 12.3. The zero-order valence-corrected chi connectivity index (χ0v) is 14.1. The lowest BCUT2D eigenvalue weighted by Gasteiger charge is -2.14. The van der Waals surface area contributed by atoms with Crippen LogP contribution in [-0.2, 0) is 0 Å². The molecule has 0 saturated heterocycles. The third-order valence-electron chi connectivity index (χ3n) is 3.26. The Morgan fingerprint density at radius 1 is 1.08 bits per heavy atom. The number of amides is 1. The summed E-state index contributed by atoms with van der Waals surface area (Å²) >= 11 is 0. The van der Waals surface area contributed by atoms with Gasteiger partial charge in [0.15, 0.2) is 0 Å². The number of rotatable bonds is 7. The first-order chi connectivity index (χ1) is 11.5. The van der Waals surface area contributed by atoms with E-state index < -0.39 is 0 Å². The molecule has 0 spiro atoms. The van der Waals surface area contributed by atoms with Crippen molar-refractivity contribution in [1.82, 2.24) is 0 Å². The SMILES string of the molecule is C=C(C)COc1ccccc1C(=O)Nc1cc(OC)ccc1OC. The highest BCUT2D eigenvalue weighted by molar-refractivity contribution is 6.07. The van der Waals surface area contributed by atoms with Crippen molar-refractivity contribution in [3.05, 3.63) is 60.2 Å². The summed E-state index contributed by atoms with van der Waals surface area (Å²) in [5.41, 5.74) is 1.83. The largest absolute Gasteiger partial charge is 0.497 e. The van der Waals surface area contributed by atoms with Crippen LogP contribution in [-0.4, -0.2) is 26.7 Å². The van der Waals surface area contributed by atoms with Gasteiger partial charge in [-0.1, -0.05) is 18.7 Å². The van der Waals surface area contributed by atoms with Crippen LogP contribution in [0, 0.1) is 0 Å². The molecule has 0 aliphatic rings. The summed E-state index contributed by atoms with van der Waals surface area (Å²) in [6.45, 7) is 6.02. The average Bonchev–Trinajstić information content (AvgIpc) is 2.60. The highest BCUT2D eigenvalue weighted by Gasteiger charge is 2.15. The second-order valence-corrected chi connectivity index (χ2v) is 5.26. The average molecular weight is 327 g/mol. The highest BCUT2D eigenvalue weighted by Crippen LogP contribution is 2.30. The molecule has 0 aliphatic carbocycles. The van der Waals surface area contributed by atoms with Gasteiger partial charge >= 0.3 is 0 Å². The number of anilines is 1. The molecule has 1 amide bonds. The standard InChI is InChI=1S/C19H21NO4/c1-13(2)12-24-17-8-6-5-7-15(17)19(21)20-16-11-14(22-3)9-10-18(16)23-4/h5-11H,1,12H2,2-4H3,(H,20,21). The third-order valence-corrected chi connectivity index (χ3v) is 3.26. The Bertz CT molecular complexity index is 740. The third kappa shape index (κ3) is 4.29. The first-order valence-electron chi connectivity index (χ1n) is 7.44. The van der Waals surface area contributed by atoms with Gasteiger partial charge in [0.25, 0.3) is 5.91 Å². The number of hydrogen-bond donors (Lipinski definition) is 1. The molecule has 2 aromatic carbocycles. The molecular weight excluding hydrogens is 306 g/mol. The molecule has 0 aliphatic heterocycles. The quantitative estimate of drug-likeness (QED) is 0.783. The van der Waals surface area contributed by atoms with E-state index in [0.717, 1.165) is 5.57 Å². The number of carbonyl (C=O) groups is 1. The molecule has 2 aromatic rings. The van der Waals surface area contributed by atoms with E-state index in [1.165, 1.54) is 0 Å². The zero-order valence-electron chi connectivity index (χ0n) is 14.1. The van der Waals surface area contributed by atoms with Crippen molar-refractivity contribution in [1.29, 1.82) is 0 Å². The number of hydrogen-bond acceptors (Lipinski definition) is 4. The fourth-order valence-corrected chi connectivity index (χ4v) is 2.08. The van der Waals surface area contributed by atoms with Crippen LogP contribution in [0.3, 0.4) is 0 Å². The lowest BCUT2D eigenvalue weighted by molar-refractivity contribution is 0.102. The molecule has 0 heterocycles. The maximum atomic E-state index is 12.6. The van der Waals surface area contributed by atoms with Crippen LogP contribution >= 0.6 is 0 Å². The van der Waals surface area contributed by atoms with E-state index in [9.17, 15) is 4.79 Å². The molecule has 5 heteroatoms. The molecule has 2 rings (SSSR count). The van der Waals surface area contributed by atoms with Gasteiger partial charge in [0.2, 0.25) is 0 Å². The Morgan fingerprint density at radius 3 is 2.50 bits per heavy atom. The van der Waals surface area contributed by atoms with Crippen LogP contribution in [0.25, 0.3) is 0 Å². The van der Waals surface area contributed by atoms with Gasteiger partial charge in [0, 0.05) is 6.07 Å². The Hall–Kier alpha value is -2.95. The molecule has 0 bridgehead atoms. The van der Waals surface area contributed by atoms with Crippen LogP contribution < -0.4 is 19.5 Å². The Balaban J connectivity index is 2.25. The Kier molecular flexibility index (Phi) is 5.84. The van der Waals surface area contributed by atoms with Gasteiger partial charge in [-0.25, -0.2) is 0 Å². The van der Waals surface area contributed by atoms with Crippen molar-refractivity contribution in [3.63, 3.8) is 0 Å². The van der Waals surface area contributed by atoms with Crippen molar-refractivity contribution in [2.45, 2.75) is 6.92 Å². The van der Waals surface area contributed by atoms with Gasteiger partial charge in [-0.15, -0.1) is 0 Å². The fraction of sp³-hybridized carbons (Fsp3) is 0.211. The van der Waals surface area contributed by atoms with Crippen molar-refractivity contribution >= 4 is 11.6 Å². The van der Waals surface area contributed by atoms with E-state index >= 15 is 0 Å². The summed E-state index contributed by atoms with van der Waals surface area (Å²) < 4.78 is 16.1. The molecule has 0 fully saturated rings. The second kappa shape index (κ2) is 8.06. The van der Waals surface area contributed by atoms with Gasteiger partial charge in [0.1, 0.15) is 23.9 Å². The summed E-state index contributed by atoms with van der Waals surface area (Å²) in [7, 11) is 3.11. The van der Waals surface area contributed by atoms with Crippen LogP contribution in [0.4, 0.5) is 5.69 Å². The second-order valence-electron chi connectivity index (χ2n) is 5.26. The molecule has 0 radical (unpaired) electrons. The summed E-state index contributed by atoms with van der Waals surface area (Å²) in [6.07, 6.45) is 0. The van der Waals surface area contributed by atoms with Crippen molar-refractivity contribution in [2.75, 3.05) is 26.1 Å². The number of methoxy groups -OCH3 is 2. The van der Waals surface area contributed by atoms with Crippen LogP contribution in [0.15, 0.2) is 54.6 Å². The van der Waals surface area contributed by atoms with E-state index in [4.69, 9.17) is 14.2 Å². The lowest BCUT2D eigenvalue weighted by atomic mass is 10.1. The fourth-order valence-electron chi connectivity index (χ4n) is 2.08. The normalized spacial score (nSPS) is 9.96. The maximum Gasteiger partial charge on any atom is 0.259 e. The van der Waals surface area contributed by atoms with E-state index in [-0.39, 0.29) is 5.91 Å². The van der Waals surface area contributed by atoms with Gasteiger partial charge in [-0.05, 0) is 36.8 Å². The molecule has 5 nitrogen and oxygen atoms in total. The topological polar surface area (TPSA) is 56.8 Å². The first kappa shape index (κ1) is 17.4. The lowest BCUT2D eigenvalue weighted by Crippen LogP contribution is -2.14. The molecule has 0 saturated carbocycles. The molecule has 0 aromatic heterocycles. The van der Waals surface area contributed by atoms with Gasteiger partial charge < -0.3 is 19.5 Å². The molecule has 24 heavy (non-hydrogen) atoms. The minimum Gasteiger partial charge on any atom is -0.497 e. The molecular formula is C19H21NO4. The van der Waals surface area contributed by atoms with Crippen LogP contribution in [0.2, 0.25) is 0 Å². The molecule has 0 unspecified atom stereocenters. The van der Waals surface area contributed by atoms with Gasteiger partial charge in [-0.3, -0.25) is 4.79 Å². The number of nitrogens with one attached hydrogen (secondary N) is 1. The predicted molar refractivity (Wildman–Crippen MR) is 94.3 cm³/mol. The number of para-hydroxylation sites is 1. The Labute approximate surface area is 141 Å². The van der Waals surface area contributed by atoms with Crippen LogP contribution in [0.5, 0.6) is 17.2 Å². The zero-order chi connectivity index (χ0) is 17.5. The van der Waals surface area contributed by atoms with Crippen molar-refractivity contribution in [3.8, 4) is 17.2 Å². The number of carbonyl (C=O) groups excluding carboxylic acids is 1. The molecule has 1 N–H and O–H groups in total. The molecule has 0 atom stereocenters. The summed E-state index contributed by atoms with van der Waals surface area (Å²) in [5, 5.41) is 2.83. The number of ether oxygens (including phenoxy) is 3. The van der Waals surface area contributed by atoms with Gasteiger partial charge in [-0.2, -0.15) is 0 Å². The van der Waals surface area contributed by atoms with Crippen LogP contribution in [0.1, 0.15) is 17.3 Å². The summed E-state index contributed by atoms with van der Waals surface area (Å²) in [5.74, 6) is 1.38. The maximum absolute atomic E-state index is 12.6. The van der Waals surface area contributed by atoms with E-state index in [0.29, 0.717) is 35.1 Å². The van der Waals surface area contributed by atoms with E-state index in [1.54, 1.807) is 50.6 Å². The predicted octanol–water partition coefficient (Wildman–Crippen LogP) is 3.91. The van der Waals surface area contributed by atoms with Gasteiger partial charge in [0.05, 0.1) is 25.5 Å². The van der Waals surface area contributed by atoms with Crippen molar-refractivity contribution < 1.29 is 19.0 Å².